The fourth-order valence-electron chi connectivity index (χ4n) is 2.42. The molecule has 124 valence electrons. The van der Waals surface area contributed by atoms with Gasteiger partial charge in [-0.15, -0.1) is 11.3 Å². The molecule has 0 radical (unpaired) electrons. The number of aryl methyl sites for hydroxylation is 1. The average molecular weight is 392 g/mol. The summed E-state index contributed by atoms with van der Waals surface area (Å²) in [6.07, 6.45) is 1.83. The Morgan fingerprint density at radius 2 is 1.87 bits per heavy atom. The Balaban J connectivity index is 1.77. The molecule has 0 spiro atoms. The van der Waals surface area contributed by atoms with Gasteiger partial charge in [-0.1, -0.05) is 23.2 Å². The van der Waals surface area contributed by atoms with Crippen molar-refractivity contribution >= 4 is 49.7 Å². The van der Waals surface area contributed by atoms with E-state index in [2.05, 4.69) is 9.88 Å². The summed E-state index contributed by atoms with van der Waals surface area (Å²) in [6, 6.07) is 4.48. The Morgan fingerprint density at radius 3 is 2.48 bits per heavy atom. The third-order valence-corrected chi connectivity index (χ3v) is 7.22. The summed E-state index contributed by atoms with van der Waals surface area (Å²) in [5.41, 5.74) is 0. The zero-order chi connectivity index (χ0) is 16.6. The predicted octanol–water partition coefficient (Wildman–Crippen LogP) is 3.27. The molecule has 2 aromatic rings. The topological polar surface area (TPSA) is 53.5 Å². The first-order valence-electron chi connectivity index (χ1n) is 7.00. The van der Waals surface area contributed by atoms with E-state index in [0.29, 0.717) is 31.2 Å². The molecule has 1 saturated heterocycles. The second kappa shape index (κ2) is 6.57. The molecule has 1 aromatic carbocycles. The molecule has 1 aliphatic rings. The van der Waals surface area contributed by atoms with E-state index in [0.717, 1.165) is 10.0 Å². The molecule has 0 N–H and O–H groups in total. The lowest BCUT2D eigenvalue weighted by Crippen LogP contribution is -2.48. The predicted molar refractivity (Wildman–Crippen MR) is 94.3 cm³/mol. The highest BCUT2D eigenvalue weighted by Gasteiger charge is 2.30. The number of anilines is 1. The van der Waals surface area contributed by atoms with Gasteiger partial charge in [-0.05, 0) is 25.1 Å². The van der Waals surface area contributed by atoms with Gasteiger partial charge in [0.25, 0.3) is 0 Å². The highest BCUT2D eigenvalue weighted by molar-refractivity contribution is 7.89. The Bertz CT molecular complexity index is 815. The van der Waals surface area contributed by atoms with Crippen LogP contribution in [0.1, 0.15) is 4.88 Å². The zero-order valence-corrected chi connectivity index (χ0v) is 15.5. The minimum absolute atomic E-state index is 0.0604. The Morgan fingerprint density at radius 1 is 1.17 bits per heavy atom. The van der Waals surface area contributed by atoms with E-state index in [1.54, 1.807) is 17.4 Å². The molecule has 3 rings (SSSR count). The van der Waals surface area contributed by atoms with Gasteiger partial charge in [0.1, 0.15) is 4.90 Å². The van der Waals surface area contributed by atoms with Crippen LogP contribution in [0.2, 0.25) is 10.0 Å². The fourth-order valence-corrected chi connectivity index (χ4v) is 5.39. The van der Waals surface area contributed by atoms with Crippen LogP contribution in [0.25, 0.3) is 0 Å². The first-order chi connectivity index (χ1) is 10.9. The van der Waals surface area contributed by atoms with Crippen molar-refractivity contribution in [1.82, 2.24) is 9.29 Å². The maximum absolute atomic E-state index is 12.8. The van der Waals surface area contributed by atoms with Crippen molar-refractivity contribution in [2.75, 3.05) is 31.1 Å². The lowest BCUT2D eigenvalue weighted by molar-refractivity contribution is 0.385. The highest BCUT2D eigenvalue weighted by atomic mass is 35.5. The van der Waals surface area contributed by atoms with Gasteiger partial charge in [-0.3, -0.25) is 0 Å². The Hall–Kier alpha value is -0.860. The smallest absolute Gasteiger partial charge is 0.244 e. The molecule has 5 nitrogen and oxygen atoms in total. The maximum atomic E-state index is 12.8. The summed E-state index contributed by atoms with van der Waals surface area (Å²) < 4.78 is 27.0. The standard InChI is InChI=1S/C14H15Cl2N3O2S2/c1-10-9-17-14(22-10)18-4-6-19(7-5-18)23(20,21)13-8-11(15)2-3-12(13)16/h2-3,8-9H,4-7H2,1H3. The van der Waals surface area contributed by atoms with Crippen molar-refractivity contribution in [3.8, 4) is 0 Å². The van der Waals surface area contributed by atoms with Crippen molar-refractivity contribution in [3.05, 3.63) is 39.3 Å². The summed E-state index contributed by atoms with van der Waals surface area (Å²) in [5, 5.41) is 1.47. The third kappa shape index (κ3) is 3.49. The van der Waals surface area contributed by atoms with Gasteiger partial charge in [-0.2, -0.15) is 4.31 Å². The quantitative estimate of drug-likeness (QED) is 0.805. The minimum Gasteiger partial charge on any atom is -0.345 e. The molecule has 0 bridgehead atoms. The van der Waals surface area contributed by atoms with E-state index in [4.69, 9.17) is 23.2 Å². The first kappa shape index (κ1) is 17.0. The van der Waals surface area contributed by atoms with Gasteiger partial charge in [0.15, 0.2) is 5.13 Å². The normalized spacial score (nSPS) is 16.7. The SMILES string of the molecule is Cc1cnc(N2CCN(S(=O)(=O)c3cc(Cl)ccc3Cl)CC2)s1. The first-order valence-corrected chi connectivity index (χ1v) is 10.0. The number of hydrogen-bond acceptors (Lipinski definition) is 5. The summed E-state index contributed by atoms with van der Waals surface area (Å²) in [5.74, 6) is 0. The second-order valence-electron chi connectivity index (χ2n) is 5.22. The van der Waals surface area contributed by atoms with Crippen molar-refractivity contribution in [1.29, 1.82) is 0 Å². The van der Waals surface area contributed by atoms with Crippen LogP contribution in [0, 0.1) is 6.92 Å². The van der Waals surface area contributed by atoms with Crippen molar-refractivity contribution in [2.45, 2.75) is 11.8 Å². The number of hydrogen-bond donors (Lipinski definition) is 0. The molecule has 0 saturated carbocycles. The number of aromatic nitrogens is 1. The molecule has 9 heteroatoms. The molecule has 1 aromatic heterocycles. The lowest BCUT2D eigenvalue weighted by atomic mass is 10.4. The van der Waals surface area contributed by atoms with Gasteiger partial charge in [-0.25, -0.2) is 13.4 Å². The maximum Gasteiger partial charge on any atom is 0.244 e. The largest absolute Gasteiger partial charge is 0.345 e. The Kier molecular flexibility index (Phi) is 4.85. The van der Waals surface area contributed by atoms with Crippen molar-refractivity contribution in [2.24, 2.45) is 0 Å². The third-order valence-electron chi connectivity index (χ3n) is 3.63. The van der Waals surface area contributed by atoms with Crippen LogP contribution in [0.4, 0.5) is 5.13 Å². The van der Waals surface area contributed by atoms with Crippen molar-refractivity contribution in [3.63, 3.8) is 0 Å². The van der Waals surface area contributed by atoms with Crippen molar-refractivity contribution < 1.29 is 8.42 Å². The molecular formula is C14H15Cl2N3O2S2. The van der Waals surface area contributed by atoms with Crippen LogP contribution < -0.4 is 4.90 Å². The highest BCUT2D eigenvalue weighted by Crippen LogP contribution is 2.29. The number of benzene rings is 1. The summed E-state index contributed by atoms with van der Waals surface area (Å²) in [7, 11) is -3.64. The van der Waals surface area contributed by atoms with Crippen LogP contribution in [0.3, 0.4) is 0 Å². The van der Waals surface area contributed by atoms with Crippen LogP contribution in [-0.4, -0.2) is 43.9 Å². The molecule has 23 heavy (non-hydrogen) atoms. The molecule has 1 fully saturated rings. The number of halogens is 2. The number of nitrogens with zero attached hydrogens (tertiary/aromatic N) is 3. The summed E-state index contributed by atoms with van der Waals surface area (Å²) in [6.45, 7) is 3.99. The summed E-state index contributed by atoms with van der Waals surface area (Å²) >= 11 is 13.6. The van der Waals surface area contributed by atoms with Crippen LogP contribution in [0.5, 0.6) is 0 Å². The van der Waals surface area contributed by atoms with Gasteiger partial charge in [0.05, 0.1) is 5.02 Å². The van der Waals surface area contributed by atoms with Crippen LogP contribution in [0.15, 0.2) is 29.3 Å². The van der Waals surface area contributed by atoms with E-state index in [9.17, 15) is 8.42 Å². The monoisotopic (exact) mass is 391 g/mol. The van der Waals surface area contributed by atoms with E-state index in [-0.39, 0.29) is 9.92 Å². The van der Waals surface area contributed by atoms with E-state index < -0.39 is 10.0 Å². The van der Waals surface area contributed by atoms with E-state index >= 15 is 0 Å². The number of piperazine rings is 1. The molecule has 0 unspecified atom stereocenters. The van der Waals surface area contributed by atoms with Gasteiger partial charge < -0.3 is 4.90 Å². The van der Waals surface area contributed by atoms with Crippen LogP contribution in [-0.2, 0) is 10.0 Å². The Labute approximate surface area is 149 Å². The molecule has 2 heterocycles. The van der Waals surface area contributed by atoms with E-state index in [1.807, 2.05) is 13.1 Å². The zero-order valence-electron chi connectivity index (χ0n) is 12.4. The summed E-state index contributed by atoms with van der Waals surface area (Å²) in [4.78, 5) is 7.65. The average Bonchev–Trinajstić information content (AvgIpc) is 2.96. The fraction of sp³-hybridized carbons (Fsp3) is 0.357. The number of rotatable bonds is 3. The molecule has 1 aliphatic heterocycles. The van der Waals surface area contributed by atoms with Gasteiger partial charge in [0, 0.05) is 42.3 Å². The number of thiazole rings is 1. The lowest BCUT2D eigenvalue weighted by Gasteiger charge is -2.33. The van der Waals surface area contributed by atoms with Crippen LogP contribution >= 0.6 is 34.5 Å². The molecule has 0 atom stereocenters. The molecule has 0 amide bonds. The minimum atomic E-state index is -3.64. The molecule has 0 aliphatic carbocycles. The van der Waals surface area contributed by atoms with Gasteiger partial charge >= 0.3 is 0 Å². The molecular weight excluding hydrogens is 377 g/mol. The van der Waals surface area contributed by atoms with E-state index in [1.165, 1.54) is 16.4 Å². The number of sulfonamides is 1. The van der Waals surface area contributed by atoms with Gasteiger partial charge in [0.2, 0.25) is 10.0 Å². The second-order valence-corrected chi connectivity index (χ2v) is 9.18.